The third-order valence-electron chi connectivity index (χ3n) is 4.30. The molecule has 0 heterocycles. The van der Waals surface area contributed by atoms with Crippen LogP contribution in [0.5, 0.6) is 5.75 Å². The number of ether oxygens (including phenoxy) is 1. The number of halogens is 1. The van der Waals surface area contributed by atoms with E-state index in [1.54, 1.807) is 25.1 Å². The van der Waals surface area contributed by atoms with Crippen molar-refractivity contribution in [1.82, 2.24) is 15.6 Å². The Hall–Kier alpha value is -2.43. The van der Waals surface area contributed by atoms with E-state index in [0.717, 1.165) is 11.1 Å². The second-order valence-corrected chi connectivity index (χ2v) is 9.28. The predicted molar refractivity (Wildman–Crippen MR) is 116 cm³/mol. The summed E-state index contributed by atoms with van der Waals surface area (Å²) in [6.45, 7) is 5.28. The molecule has 30 heavy (non-hydrogen) atoms. The molecule has 1 atom stereocenters. The number of carbonyl (C=O) groups excluding carboxylic acids is 2. The Morgan fingerprint density at radius 1 is 1.10 bits per heavy atom. The minimum atomic E-state index is -3.73. The number of hydrogen-bond donors (Lipinski definition) is 3. The molecule has 3 N–H and O–H groups in total. The first-order chi connectivity index (χ1) is 14.1. The molecule has 0 aromatic heterocycles. The van der Waals surface area contributed by atoms with E-state index in [9.17, 15) is 18.0 Å². The Kier molecular flexibility index (Phi) is 8.39. The van der Waals surface area contributed by atoms with E-state index in [0.29, 0.717) is 10.2 Å². The average molecular weight is 498 g/mol. The van der Waals surface area contributed by atoms with E-state index in [2.05, 4.69) is 31.5 Å². The lowest BCUT2D eigenvalue weighted by Gasteiger charge is -2.17. The molecule has 2 aromatic rings. The average Bonchev–Trinajstić information content (AvgIpc) is 2.69. The van der Waals surface area contributed by atoms with E-state index < -0.39 is 27.9 Å². The molecule has 0 spiro atoms. The van der Waals surface area contributed by atoms with Crippen molar-refractivity contribution >= 4 is 37.8 Å². The fraction of sp³-hybridized carbons (Fsp3) is 0.300. The molecule has 2 amide bonds. The van der Waals surface area contributed by atoms with E-state index in [4.69, 9.17) is 4.74 Å². The molecule has 0 radical (unpaired) electrons. The highest BCUT2D eigenvalue weighted by atomic mass is 79.9. The van der Waals surface area contributed by atoms with Gasteiger partial charge in [-0.1, -0.05) is 34.1 Å². The van der Waals surface area contributed by atoms with Crippen LogP contribution in [-0.4, -0.2) is 32.9 Å². The topological polar surface area (TPSA) is 114 Å². The van der Waals surface area contributed by atoms with Gasteiger partial charge in [0, 0.05) is 17.4 Å². The maximum atomic E-state index is 12.2. The fourth-order valence-corrected chi connectivity index (χ4v) is 4.04. The van der Waals surface area contributed by atoms with Gasteiger partial charge in [-0.3, -0.25) is 20.4 Å². The first kappa shape index (κ1) is 23.8. The summed E-state index contributed by atoms with van der Waals surface area (Å²) in [5.41, 5.74) is 6.50. The predicted octanol–water partition coefficient (Wildman–Crippen LogP) is 2.35. The first-order valence-electron chi connectivity index (χ1n) is 9.17. The minimum Gasteiger partial charge on any atom is -0.481 e. The van der Waals surface area contributed by atoms with Gasteiger partial charge < -0.3 is 4.74 Å². The number of hydrazine groups is 1. The van der Waals surface area contributed by atoms with Gasteiger partial charge in [-0.05, 0) is 56.2 Å². The zero-order valence-corrected chi connectivity index (χ0v) is 19.3. The Balaban J connectivity index is 1.77. The number of amides is 2. The highest BCUT2D eigenvalue weighted by molar-refractivity contribution is 9.10. The number of aryl methyl sites for hydroxylation is 1. The van der Waals surface area contributed by atoms with Crippen LogP contribution in [0.15, 0.2) is 51.8 Å². The molecule has 2 rings (SSSR count). The second kappa shape index (κ2) is 10.6. The molecular weight excluding hydrogens is 474 g/mol. The summed E-state index contributed by atoms with van der Waals surface area (Å²) >= 11 is 3.21. The van der Waals surface area contributed by atoms with E-state index in [-0.39, 0.29) is 17.9 Å². The van der Waals surface area contributed by atoms with Crippen LogP contribution in [0.3, 0.4) is 0 Å². The van der Waals surface area contributed by atoms with Gasteiger partial charge in [-0.15, -0.1) is 0 Å². The quantitative estimate of drug-likeness (QED) is 0.484. The lowest BCUT2D eigenvalue weighted by molar-refractivity contribution is -0.132. The SMILES string of the molecule is Cc1cccc(OC(C)C(=O)NNC(=O)CCNS(=O)(=O)c2cccc(Br)c2)c1C. The molecule has 0 aliphatic rings. The maximum Gasteiger partial charge on any atom is 0.279 e. The van der Waals surface area contributed by atoms with E-state index >= 15 is 0 Å². The molecule has 0 fully saturated rings. The monoisotopic (exact) mass is 497 g/mol. The Labute approximate surface area is 184 Å². The maximum absolute atomic E-state index is 12.2. The standard InChI is InChI=1S/C20H24BrN3O5S/c1-13-6-4-9-18(14(13)2)29-15(3)20(26)24-23-19(25)10-11-22-30(27,28)17-8-5-7-16(21)12-17/h4-9,12,15,22H,10-11H2,1-3H3,(H,23,25)(H,24,26). The number of hydrogen-bond acceptors (Lipinski definition) is 5. The van der Waals surface area contributed by atoms with Crippen molar-refractivity contribution in [3.8, 4) is 5.75 Å². The van der Waals surface area contributed by atoms with Crippen LogP contribution >= 0.6 is 15.9 Å². The van der Waals surface area contributed by atoms with Gasteiger partial charge in [0.1, 0.15) is 5.75 Å². The highest BCUT2D eigenvalue weighted by Gasteiger charge is 2.18. The Bertz CT molecular complexity index is 1030. The van der Waals surface area contributed by atoms with Gasteiger partial charge in [-0.25, -0.2) is 13.1 Å². The molecule has 10 heteroatoms. The third-order valence-corrected chi connectivity index (χ3v) is 6.26. The van der Waals surface area contributed by atoms with Crippen LogP contribution in [0.4, 0.5) is 0 Å². The Morgan fingerprint density at radius 3 is 2.50 bits per heavy atom. The van der Waals surface area contributed by atoms with Gasteiger partial charge in [-0.2, -0.15) is 0 Å². The van der Waals surface area contributed by atoms with Gasteiger partial charge in [0.05, 0.1) is 4.90 Å². The molecule has 1 unspecified atom stereocenters. The molecule has 0 bridgehead atoms. The van der Waals surface area contributed by atoms with Crippen LogP contribution < -0.4 is 20.3 Å². The second-order valence-electron chi connectivity index (χ2n) is 6.60. The zero-order valence-electron chi connectivity index (χ0n) is 16.9. The zero-order chi connectivity index (χ0) is 22.3. The van der Waals surface area contributed by atoms with Gasteiger partial charge >= 0.3 is 0 Å². The normalized spacial score (nSPS) is 12.1. The van der Waals surface area contributed by atoms with Gasteiger partial charge in [0.2, 0.25) is 15.9 Å². The van der Waals surface area contributed by atoms with Crippen molar-refractivity contribution in [3.05, 3.63) is 58.1 Å². The molecule has 8 nitrogen and oxygen atoms in total. The minimum absolute atomic E-state index is 0.0861. The van der Waals surface area contributed by atoms with Crippen LogP contribution in [0.25, 0.3) is 0 Å². The number of nitrogens with one attached hydrogen (secondary N) is 3. The summed E-state index contributed by atoms with van der Waals surface area (Å²) in [5.74, 6) is -0.482. The molecular formula is C20H24BrN3O5S. The summed E-state index contributed by atoms with van der Waals surface area (Å²) in [5, 5.41) is 0. The molecule has 2 aromatic carbocycles. The van der Waals surface area contributed by atoms with Crippen molar-refractivity contribution in [2.75, 3.05) is 6.54 Å². The van der Waals surface area contributed by atoms with Gasteiger partial charge in [0.15, 0.2) is 6.10 Å². The van der Waals surface area contributed by atoms with Crippen molar-refractivity contribution in [2.45, 2.75) is 38.2 Å². The van der Waals surface area contributed by atoms with Crippen molar-refractivity contribution in [2.24, 2.45) is 0 Å². The van der Waals surface area contributed by atoms with Crippen molar-refractivity contribution in [3.63, 3.8) is 0 Å². The molecule has 0 aliphatic carbocycles. The molecule has 0 saturated heterocycles. The van der Waals surface area contributed by atoms with Crippen LogP contribution in [0, 0.1) is 13.8 Å². The first-order valence-corrected chi connectivity index (χ1v) is 11.4. The van der Waals surface area contributed by atoms with Crippen molar-refractivity contribution in [1.29, 1.82) is 0 Å². The van der Waals surface area contributed by atoms with Gasteiger partial charge in [0.25, 0.3) is 5.91 Å². The number of sulfonamides is 1. The molecule has 0 aliphatic heterocycles. The summed E-state index contributed by atoms with van der Waals surface area (Å²) in [6, 6.07) is 11.8. The molecule has 162 valence electrons. The lowest BCUT2D eigenvalue weighted by Crippen LogP contribution is -2.47. The number of carbonyl (C=O) groups is 2. The summed E-state index contributed by atoms with van der Waals surface area (Å²) in [7, 11) is -3.73. The summed E-state index contributed by atoms with van der Waals surface area (Å²) in [6.07, 6.45) is -0.986. The number of benzene rings is 2. The smallest absolute Gasteiger partial charge is 0.279 e. The van der Waals surface area contributed by atoms with Crippen molar-refractivity contribution < 1.29 is 22.7 Å². The number of rotatable bonds is 8. The lowest BCUT2D eigenvalue weighted by atomic mass is 10.1. The van der Waals surface area contributed by atoms with E-state index in [1.807, 2.05) is 26.0 Å². The summed E-state index contributed by atoms with van der Waals surface area (Å²) < 4.78 is 33.0. The highest BCUT2D eigenvalue weighted by Crippen LogP contribution is 2.21. The van der Waals surface area contributed by atoms with Crippen LogP contribution in [0.1, 0.15) is 24.5 Å². The fourth-order valence-electron chi connectivity index (χ4n) is 2.41. The van der Waals surface area contributed by atoms with E-state index in [1.165, 1.54) is 12.1 Å². The Morgan fingerprint density at radius 2 is 1.80 bits per heavy atom. The molecule has 0 saturated carbocycles. The van der Waals surface area contributed by atoms with Crippen LogP contribution in [0.2, 0.25) is 0 Å². The summed E-state index contributed by atoms with van der Waals surface area (Å²) in [4.78, 5) is 24.1. The van der Waals surface area contributed by atoms with Crippen LogP contribution in [-0.2, 0) is 19.6 Å². The third kappa shape index (κ3) is 6.82. The largest absolute Gasteiger partial charge is 0.481 e.